The highest BCUT2D eigenvalue weighted by molar-refractivity contribution is 6.05. The normalized spacial score (nSPS) is 14.4. The lowest BCUT2D eigenvalue weighted by molar-refractivity contribution is -0.125. The van der Waals surface area contributed by atoms with Crippen LogP contribution in [0.25, 0.3) is 11.0 Å². The molecule has 0 unspecified atom stereocenters. The SMILES string of the molecule is O=C(Nc1ccc(N2CCOCC2=O)cc1)c1cc2ccccc2oc1=O. The average Bonchev–Trinajstić information content (AvgIpc) is 2.68. The molecule has 4 rings (SSSR count). The van der Waals surface area contributed by atoms with Gasteiger partial charge in [0.05, 0.1) is 6.61 Å². The predicted molar refractivity (Wildman–Crippen MR) is 100 cm³/mol. The monoisotopic (exact) mass is 364 g/mol. The molecule has 1 aliphatic heterocycles. The van der Waals surface area contributed by atoms with E-state index in [4.69, 9.17) is 9.15 Å². The van der Waals surface area contributed by atoms with Gasteiger partial charge in [-0.3, -0.25) is 9.59 Å². The van der Waals surface area contributed by atoms with Crippen molar-refractivity contribution in [3.63, 3.8) is 0 Å². The van der Waals surface area contributed by atoms with Crippen molar-refractivity contribution in [2.45, 2.75) is 0 Å². The Labute approximate surface area is 154 Å². The molecule has 7 nitrogen and oxygen atoms in total. The van der Waals surface area contributed by atoms with E-state index in [2.05, 4.69) is 5.32 Å². The maximum Gasteiger partial charge on any atom is 0.349 e. The number of hydrogen-bond donors (Lipinski definition) is 1. The molecule has 0 radical (unpaired) electrons. The van der Waals surface area contributed by atoms with E-state index in [1.807, 2.05) is 0 Å². The van der Waals surface area contributed by atoms with Crippen molar-refractivity contribution in [2.24, 2.45) is 0 Å². The summed E-state index contributed by atoms with van der Waals surface area (Å²) in [5, 5.41) is 3.35. The van der Waals surface area contributed by atoms with Crippen LogP contribution in [0, 0.1) is 0 Å². The van der Waals surface area contributed by atoms with Gasteiger partial charge in [-0.25, -0.2) is 4.79 Å². The van der Waals surface area contributed by atoms with Crippen molar-refractivity contribution in [1.82, 2.24) is 0 Å². The van der Waals surface area contributed by atoms with Crippen LogP contribution < -0.4 is 15.8 Å². The van der Waals surface area contributed by atoms with Crippen molar-refractivity contribution in [1.29, 1.82) is 0 Å². The van der Waals surface area contributed by atoms with Gasteiger partial charge in [-0.1, -0.05) is 18.2 Å². The molecule has 2 aromatic carbocycles. The van der Waals surface area contributed by atoms with Crippen LogP contribution in [0.1, 0.15) is 10.4 Å². The summed E-state index contributed by atoms with van der Waals surface area (Å²) in [5.41, 5.74) is 0.907. The minimum Gasteiger partial charge on any atom is -0.422 e. The molecule has 1 fully saturated rings. The molecule has 1 aromatic heterocycles. The topological polar surface area (TPSA) is 88.8 Å². The number of hydrogen-bond acceptors (Lipinski definition) is 5. The molecule has 0 spiro atoms. The van der Waals surface area contributed by atoms with Gasteiger partial charge in [0.25, 0.3) is 11.8 Å². The molecule has 0 saturated carbocycles. The Balaban J connectivity index is 1.54. The average molecular weight is 364 g/mol. The third-order valence-electron chi connectivity index (χ3n) is 4.31. The van der Waals surface area contributed by atoms with Crippen molar-refractivity contribution < 1.29 is 18.7 Å². The third-order valence-corrected chi connectivity index (χ3v) is 4.31. The zero-order valence-electron chi connectivity index (χ0n) is 14.3. The number of carbonyl (C=O) groups excluding carboxylic acids is 2. The van der Waals surface area contributed by atoms with E-state index in [9.17, 15) is 14.4 Å². The van der Waals surface area contributed by atoms with E-state index in [1.165, 1.54) is 6.07 Å². The first-order valence-electron chi connectivity index (χ1n) is 8.44. The van der Waals surface area contributed by atoms with Crippen LogP contribution >= 0.6 is 0 Å². The van der Waals surface area contributed by atoms with E-state index in [0.29, 0.717) is 29.8 Å². The smallest absolute Gasteiger partial charge is 0.349 e. The number of morpholine rings is 1. The lowest BCUT2D eigenvalue weighted by Gasteiger charge is -2.26. The van der Waals surface area contributed by atoms with E-state index in [-0.39, 0.29) is 18.1 Å². The van der Waals surface area contributed by atoms with Crippen molar-refractivity contribution in [2.75, 3.05) is 30.0 Å². The summed E-state index contributed by atoms with van der Waals surface area (Å²) in [4.78, 5) is 38.0. The fourth-order valence-electron chi connectivity index (χ4n) is 2.93. The molecule has 1 N–H and O–H groups in total. The van der Waals surface area contributed by atoms with Crippen LogP contribution in [-0.4, -0.2) is 31.6 Å². The highest BCUT2D eigenvalue weighted by Gasteiger charge is 2.20. The first-order valence-corrected chi connectivity index (χ1v) is 8.44. The van der Waals surface area contributed by atoms with Crippen molar-refractivity contribution in [3.8, 4) is 0 Å². The number of benzene rings is 2. The molecule has 3 aromatic rings. The maximum atomic E-state index is 12.5. The summed E-state index contributed by atoms with van der Waals surface area (Å²) in [6.07, 6.45) is 0. The quantitative estimate of drug-likeness (QED) is 0.721. The highest BCUT2D eigenvalue weighted by atomic mass is 16.5. The molecule has 136 valence electrons. The summed E-state index contributed by atoms with van der Waals surface area (Å²) >= 11 is 0. The number of para-hydroxylation sites is 1. The predicted octanol–water partition coefficient (Wildman–Crippen LogP) is 2.41. The molecule has 1 aliphatic rings. The standard InChI is InChI=1S/C20H16N2O5/c23-18-12-26-10-9-22(18)15-7-5-14(6-8-15)21-19(24)16-11-13-3-1-2-4-17(13)27-20(16)25/h1-8,11H,9-10,12H2,(H,21,24). The van der Waals surface area contributed by atoms with Crippen LogP contribution in [0.4, 0.5) is 11.4 Å². The Morgan fingerprint density at radius 2 is 1.81 bits per heavy atom. The van der Waals surface area contributed by atoms with Gasteiger partial charge < -0.3 is 19.4 Å². The Morgan fingerprint density at radius 3 is 2.59 bits per heavy atom. The van der Waals surface area contributed by atoms with Gasteiger partial charge >= 0.3 is 5.63 Å². The van der Waals surface area contributed by atoms with Crippen molar-refractivity contribution in [3.05, 3.63) is 70.6 Å². The summed E-state index contributed by atoms with van der Waals surface area (Å²) < 4.78 is 10.3. The van der Waals surface area contributed by atoms with Crippen LogP contribution in [0.2, 0.25) is 0 Å². The number of carbonyl (C=O) groups is 2. The zero-order chi connectivity index (χ0) is 18.8. The summed E-state index contributed by atoms with van der Waals surface area (Å²) in [7, 11) is 0. The highest BCUT2D eigenvalue weighted by Crippen LogP contribution is 2.20. The lowest BCUT2D eigenvalue weighted by atomic mass is 10.1. The largest absolute Gasteiger partial charge is 0.422 e. The molecule has 0 aliphatic carbocycles. The Kier molecular flexibility index (Phi) is 4.43. The molecule has 1 saturated heterocycles. The Morgan fingerprint density at radius 1 is 1.04 bits per heavy atom. The van der Waals surface area contributed by atoms with Crippen LogP contribution in [-0.2, 0) is 9.53 Å². The number of rotatable bonds is 3. The lowest BCUT2D eigenvalue weighted by Crippen LogP contribution is -2.41. The summed E-state index contributed by atoms with van der Waals surface area (Å²) in [6.45, 7) is 1.04. The van der Waals surface area contributed by atoms with E-state index >= 15 is 0 Å². The Hall–Kier alpha value is -3.45. The molecule has 7 heteroatoms. The molecular weight excluding hydrogens is 348 g/mol. The number of fused-ring (bicyclic) bond motifs is 1. The Bertz CT molecular complexity index is 1070. The van der Waals surface area contributed by atoms with Crippen LogP contribution in [0.15, 0.2) is 63.8 Å². The van der Waals surface area contributed by atoms with Crippen LogP contribution in [0.5, 0.6) is 0 Å². The maximum absolute atomic E-state index is 12.5. The molecule has 0 atom stereocenters. The van der Waals surface area contributed by atoms with E-state index in [1.54, 1.807) is 53.4 Å². The second kappa shape index (κ2) is 7.05. The van der Waals surface area contributed by atoms with Gasteiger partial charge in [-0.05, 0) is 36.4 Å². The number of amides is 2. The molecule has 0 bridgehead atoms. The van der Waals surface area contributed by atoms with Crippen molar-refractivity contribution >= 4 is 34.2 Å². The second-order valence-electron chi connectivity index (χ2n) is 6.08. The van der Waals surface area contributed by atoms with E-state index in [0.717, 1.165) is 5.69 Å². The van der Waals surface area contributed by atoms with Gasteiger partial charge in [0, 0.05) is 23.3 Å². The molecule has 27 heavy (non-hydrogen) atoms. The van der Waals surface area contributed by atoms with Gasteiger partial charge in [0.2, 0.25) is 0 Å². The molecule has 2 amide bonds. The fraction of sp³-hybridized carbons (Fsp3) is 0.150. The zero-order valence-corrected chi connectivity index (χ0v) is 14.3. The van der Waals surface area contributed by atoms with Gasteiger partial charge in [-0.15, -0.1) is 0 Å². The van der Waals surface area contributed by atoms with Gasteiger partial charge in [-0.2, -0.15) is 0 Å². The second-order valence-corrected chi connectivity index (χ2v) is 6.08. The number of anilines is 2. The first-order chi connectivity index (χ1) is 13.1. The summed E-state index contributed by atoms with van der Waals surface area (Å²) in [5.74, 6) is -0.656. The molecule has 2 heterocycles. The van der Waals surface area contributed by atoms with Gasteiger partial charge in [0.1, 0.15) is 17.8 Å². The number of nitrogens with zero attached hydrogens (tertiary/aromatic N) is 1. The van der Waals surface area contributed by atoms with Crippen LogP contribution in [0.3, 0.4) is 0 Å². The van der Waals surface area contributed by atoms with Gasteiger partial charge in [0.15, 0.2) is 0 Å². The first kappa shape index (κ1) is 17.0. The minimum atomic E-state index is -0.693. The number of ether oxygens (including phenoxy) is 1. The molecular formula is C20H16N2O5. The number of nitrogens with one attached hydrogen (secondary N) is 1. The third kappa shape index (κ3) is 3.45. The van der Waals surface area contributed by atoms with E-state index < -0.39 is 11.5 Å². The fourth-order valence-corrected chi connectivity index (χ4v) is 2.93. The summed E-state index contributed by atoms with van der Waals surface area (Å²) in [6, 6.07) is 15.3. The minimum absolute atomic E-state index is 0.0657.